The lowest BCUT2D eigenvalue weighted by molar-refractivity contribution is 1.39. The number of hydrogen-bond acceptors (Lipinski definition) is 3. The van der Waals surface area contributed by atoms with Gasteiger partial charge in [0, 0.05) is 5.56 Å². The first kappa shape index (κ1) is 10.9. The predicted molar refractivity (Wildman–Crippen MR) is 67.4 cm³/mol. The minimum atomic E-state index is 0.388. The lowest BCUT2D eigenvalue weighted by Gasteiger charge is -1.98. The third-order valence-electron chi connectivity index (χ3n) is 2.12. The van der Waals surface area contributed by atoms with Crippen LogP contribution in [0.2, 0.25) is 4.47 Å². The standard InChI is InChI=1S/C12H7ClN2S/c1-2-8-3-5-9(6-4-8)11-10(7-14)16-12(13)15-11/h2-6H,1H2. The first-order valence-electron chi connectivity index (χ1n) is 4.54. The number of aromatic nitrogens is 1. The van der Waals surface area contributed by atoms with E-state index in [1.165, 1.54) is 11.3 Å². The van der Waals surface area contributed by atoms with Crippen LogP contribution in [0.25, 0.3) is 17.3 Å². The molecule has 1 aromatic heterocycles. The summed E-state index contributed by atoms with van der Waals surface area (Å²) < 4.78 is 0.388. The molecule has 0 spiro atoms. The molecule has 0 aliphatic heterocycles. The van der Waals surface area contributed by atoms with Crippen molar-refractivity contribution < 1.29 is 0 Å². The zero-order valence-corrected chi connectivity index (χ0v) is 9.85. The summed E-state index contributed by atoms with van der Waals surface area (Å²) in [6.45, 7) is 3.68. The molecule has 0 aliphatic carbocycles. The summed E-state index contributed by atoms with van der Waals surface area (Å²) in [4.78, 5) is 4.68. The topological polar surface area (TPSA) is 36.7 Å². The fourth-order valence-corrected chi connectivity index (χ4v) is 2.27. The number of nitrogens with zero attached hydrogens (tertiary/aromatic N) is 2. The van der Waals surface area contributed by atoms with E-state index < -0.39 is 0 Å². The largest absolute Gasteiger partial charge is 0.223 e. The van der Waals surface area contributed by atoms with Gasteiger partial charge in [0.25, 0.3) is 0 Å². The Hall–Kier alpha value is -1.63. The quantitative estimate of drug-likeness (QED) is 0.804. The molecule has 0 saturated carbocycles. The molecule has 2 rings (SSSR count). The van der Waals surface area contributed by atoms with E-state index in [0.29, 0.717) is 15.0 Å². The van der Waals surface area contributed by atoms with E-state index in [-0.39, 0.29) is 0 Å². The molecule has 4 heteroatoms. The van der Waals surface area contributed by atoms with Gasteiger partial charge in [-0.05, 0) is 5.56 Å². The summed E-state index contributed by atoms with van der Waals surface area (Å²) in [5.41, 5.74) is 2.57. The monoisotopic (exact) mass is 246 g/mol. The smallest absolute Gasteiger partial charge is 0.185 e. The number of thiazole rings is 1. The van der Waals surface area contributed by atoms with Crippen LogP contribution in [-0.2, 0) is 0 Å². The summed E-state index contributed by atoms with van der Waals surface area (Å²) in [5.74, 6) is 0. The molecular formula is C12H7ClN2S. The Labute approximate surface area is 102 Å². The van der Waals surface area contributed by atoms with Gasteiger partial charge in [-0.2, -0.15) is 5.26 Å². The molecular weight excluding hydrogens is 240 g/mol. The van der Waals surface area contributed by atoms with Crippen LogP contribution in [0.15, 0.2) is 30.8 Å². The van der Waals surface area contributed by atoms with Gasteiger partial charge in [-0.25, -0.2) is 4.98 Å². The minimum absolute atomic E-state index is 0.388. The molecule has 2 nitrogen and oxygen atoms in total. The lowest BCUT2D eigenvalue weighted by atomic mass is 10.1. The van der Waals surface area contributed by atoms with Gasteiger partial charge < -0.3 is 0 Å². The summed E-state index contributed by atoms with van der Waals surface area (Å²) >= 11 is 6.99. The van der Waals surface area contributed by atoms with Crippen molar-refractivity contribution in [1.29, 1.82) is 5.26 Å². The SMILES string of the molecule is C=Cc1ccc(-c2nc(Cl)sc2C#N)cc1. The highest BCUT2D eigenvalue weighted by atomic mass is 35.5. The van der Waals surface area contributed by atoms with Crippen molar-refractivity contribution in [2.75, 3.05) is 0 Å². The van der Waals surface area contributed by atoms with Crippen LogP contribution < -0.4 is 0 Å². The molecule has 16 heavy (non-hydrogen) atoms. The van der Waals surface area contributed by atoms with E-state index in [4.69, 9.17) is 16.9 Å². The van der Waals surface area contributed by atoms with Gasteiger partial charge in [-0.15, -0.1) is 0 Å². The van der Waals surface area contributed by atoms with Gasteiger partial charge in [0.05, 0.1) is 0 Å². The molecule has 0 saturated heterocycles. The van der Waals surface area contributed by atoms with Crippen LogP contribution >= 0.6 is 22.9 Å². The van der Waals surface area contributed by atoms with Gasteiger partial charge in [0.15, 0.2) is 4.47 Å². The molecule has 0 atom stereocenters. The summed E-state index contributed by atoms with van der Waals surface area (Å²) in [7, 11) is 0. The lowest BCUT2D eigenvalue weighted by Crippen LogP contribution is -1.81. The number of nitriles is 1. The summed E-state index contributed by atoms with van der Waals surface area (Å²) in [6.07, 6.45) is 1.77. The minimum Gasteiger partial charge on any atom is -0.223 e. The second-order valence-electron chi connectivity index (χ2n) is 3.08. The van der Waals surface area contributed by atoms with Crippen molar-refractivity contribution in [2.45, 2.75) is 0 Å². The normalized spacial score (nSPS) is 9.75. The zero-order chi connectivity index (χ0) is 11.5. The van der Waals surface area contributed by atoms with Crippen molar-refractivity contribution in [2.24, 2.45) is 0 Å². The van der Waals surface area contributed by atoms with Crippen LogP contribution in [0, 0.1) is 11.3 Å². The van der Waals surface area contributed by atoms with Crippen LogP contribution in [0.4, 0.5) is 0 Å². The molecule has 0 N–H and O–H groups in total. The van der Waals surface area contributed by atoms with Gasteiger partial charge in [0.1, 0.15) is 16.6 Å². The van der Waals surface area contributed by atoms with E-state index >= 15 is 0 Å². The van der Waals surface area contributed by atoms with Crippen LogP contribution in [0.3, 0.4) is 0 Å². The number of halogens is 1. The highest BCUT2D eigenvalue weighted by Gasteiger charge is 2.11. The molecule has 78 valence electrons. The fraction of sp³-hybridized carbons (Fsp3) is 0. The fourth-order valence-electron chi connectivity index (χ4n) is 1.34. The third kappa shape index (κ3) is 1.99. The van der Waals surface area contributed by atoms with Gasteiger partial charge in [0.2, 0.25) is 0 Å². The summed E-state index contributed by atoms with van der Waals surface area (Å²) in [5, 5.41) is 8.94. The van der Waals surface area contributed by atoms with Crippen molar-refractivity contribution in [1.82, 2.24) is 4.98 Å². The Balaban J connectivity index is 2.50. The number of rotatable bonds is 2. The Morgan fingerprint density at radius 2 is 2.06 bits per heavy atom. The van der Waals surface area contributed by atoms with Gasteiger partial charge in [-0.1, -0.05) is 59.9 Å². The first-order chi connectivity index (χ1) is 7.74. The van der Waals surface area contributed by atoms with Crippen LogP contribution in [-0.4, -0.2) is 4.98 Å². The Morgan fingerprint density at radius 3 is 2.62 bits per heavy atom. The third-order valence-corrected chi connectivity index (χ3v) is 3.19. The highest BCUT2D eigenvalue weighted by molar-refractivity contribution is 7.16. The van der Waals surface area contributed by atoms with E-state index in [1.54, 1.807) is 6.08 Å². The maximum atomic E-state index is 8.94. The number of hydrogen-bond donors (Lipinski definition) is 0. The van der Waals surface area contributed by atoms with Crippen molar-refractivity contribution in [3.8, 4) is 17.3 Å². The van der Waals surface area contributed by atoms with Crippen LogP contribution in [0.1, 0.15) is 10.4 Å². The van der Waals surface area contributed by atoms with E-state index in [1.807, 2.05) is 24.3 Å². The van der Waals surface area contributed by atoms with E-state index in [0.717, 1.165) is 11.1 Å². The second kappa shape index (κ2) is 4.48. The predicted octanol–water partition coefficient (Wildman–Crippen LogP) is 3.98. The molecule has 0 radical (unpaired) electrons. The van der Waals surface area contributed by atoms with Gasteiger partial charge >= 0.3 is 0 Å². The Kier molecular flexibility index (Phi) is 3.04. The second-order valence-corrected chi connectivity index (χ2v) is 4.66. The van der Waals surface area contributed by atoms with Crippen LogP contribution in [0.5, 0.6) is 0 Å². The molecule has 0 bridgehead atoms. The molecule has 2 aromatic rings. The van der Waals surface area contributed by atoms with Gasteiger partial charge in [-0.3, -0.25) is 0 Å². The maximum absolute atomic E-state index is 8.94. The zero-order valence-electron chi connectivity index (χ0n) is 8.27. The summed E-state index contributed by atoms with van der Waals surface area (Å²) in [6, 6.07) is 9.76. The van der Waals surface area contributed by atoms with Crippen molar-refractivity contribution in [3.05, 3.63) is 45.8 Å². The van der Waals surface area contributed by atoms with Crippen molar-refractivity contribution in [3.63, 3.8) is 0 Å². The van der Waals surface area contributed by atoms with E-state index in [9.17, 15) is 0 Å². The maximum Gasteiger partial charge on any atom is 0.185 e. The Morgan fingerprint density at radius 1 is 1.38 bits per heavy atom. The average Bonchev–Trinajstić information content (AvgIpc) is 2.70. The van der Waals surface area contributed by atoms with Crippen molar-refractivity contribution >= 4 is 29.0 Å². The van der Waals surface area contributed by atoms with E-state index in [2.05, 4.69) is 17.6 Å². The molecule has 0 fully saturated rings. The highest BCUT2D eigenvalue weighted by Crippen LogP contribution is 2.30. The molecule has 0 aliphatic rings. The molecule has 1 aromatic carbocycles. The number of benzene rings is 1. The molecule has 0 amide bonds. The average molecular weight is 247 g/mol. The first-order valence-corrected chi connectivity index (χ1v) is 5.73. The Bertz CT molecular complexity index is 564. The molecule has 0 unspecified atom stereocenters. The molecule has 1 heterocycles.